The summed E-state index contributed by atoms with van der Waals surface area (Å²) in [6.07, 6.45) is 2.40. The van der Waals surface area contributed by atoms with Crippen molar-refractivity contribution in [2.75, 3.05) is 38.2 Å². The zero-order valence-corrected chi connectivity index (χ0v) is 17.9. The number of aromatic nitrogens is 3. The number of halogens is 3. The maximum absolute atomic E-state index is 13.3. The second-order valence-electron chi connectivity index (χ2n) is 9.33. The van der Waals surface area contributed by atoms with Gasteiger partial charge < -0.3 is 15.0 Å². The normalized spacial score (nSPS) is 26.9. The molecule has 5 rings (SSSR count). The van der Waals surface area contributed by atoms with Crippen LogP contribution in [0.25, 0.3) is 11.3 Å². The molecule has 2 unspecified atom stereocenters. The summed E-state index contributed by atoms with van der Waals surface area (Å²) >= 11 is 0. The number of likely N-dealkylation sites (tertiary alicyclic amines) is 1. The number of anilines is 1. The van der Waals surface area contributed by atoms with Gasteiger partial charge in [0.15, 0.2) is 0 Å². The van der Waals surface area contributed by atoms with Crippen LogP contribution in [-0.4, -0.2) is 59.0 Å². The smallest absolute Gasteiger partial charge is 0.381 e. The van der Waals surface area contributed by atoms with Crippen LogP contribution in [0.1, 0.15) is 31.2 Å². The van der Waals surface area contributed by atoms with E-state index in [1.165, 1.54) is 25.6 Å². The van der Waals surface area contributed by atoms with Crippen LogP contribution in [0.15, 0.2) is 30.6 Å². The van der Waals surface area contributed by atoms with Crippen molar-refractivity contribution in [2.45, 2.75) is 37.9 Å². The molecule has 0 aromatic carbocycles. The standard InChI is InChI=1S/C23H28F3N5O/c24-23(25,26)20-3-6-27-11-19(20)21-1-2-22(30-29-21)28-18-9-16-13-31(14-17(16)10-18)12-15-4-7-32-8-5-15/h1-3,6,11,15-18H,4-5,7-10,12-14H2,(H,28,30)/t16-,17?,18?/m1/s1. The van der Waals surface area contributed by atoms with Gasteiger partial charge in [-0.25, -0.2) is 0 Å². The van der Waals surface area contributed by atoms with Crippen LogP contribution in [-0.2, 0) is 10.9 Å². The van der Waals surface area contributed by atoms with Crippen molar-refractivity contribution >= 4 is 5.82 Å². The second kappa shape index (κ2) is 8.94. The van der Waals surface area contributed by atoms with Gasteiger partial charge in [-0.1, -0.05) is 0 Å². The van der Waals surface area contributed by atoms with Crippen LogP contribution in [0.3, 0.4) is 0 Å². The van der Waals surface area contributed by atoms with E-state index in [-0.39, 0.29) is 11.3 Å². The Kier molecular flexibility index (Phi) is 6.03. The molecule has 32 heavy (non-hydrogen) atoms. The van der Waals surface area contributed by atoms with Gasteiger partial charge >= 0.3 is 6.18 Å². The van der Waals surface area contributed by atoms with Gasteiger partial charge in [-0.2, -0.15) is 13.2 Å². The lowest BCUT2D eigenvalue weighted by Gasteiger charge is -2.27. The van der Waals surface area contributed by atoms with Gasteiger partial charge in [0.05, 0.1) is 11.3 Å². The van der Waals surface area contributed by atoms with Gasteiger partial charge in [-0.15, -0.1) is 10.2 Å². The fraction of sp³-hybridized carbons (Fsp3) is 0.609. The highest BCUT2D eigenvalue weighted by atomic mass is 19.4. The Hall–Kier alpha value is -2.26. The van der Waals surface area contributed by atoms with Gasteiger partial charge in [-0.3, -0.25) is 4.98 Å². The molecule has 4 heterocycles. The quantitative estimate of drug-likeness (QED) is 0.745. The van der Waals surface area contributed by atoms with Crippen LogP contribution in [0, 0.1) is 17.8 Å². The predicted molar refractivity (Wildman–Crippen MR) is 114 cm³/mol. The Labute approximate surface area is 185 Å². The average Bonchev–Trinajstić information content (AvgIpc) is 3.32. The van der Waals surface area contributed by atoms with Crippen molar-refractivity contribution in [3.8, 4) is 11.3 Å². The first-order valence-corrected chi connectivity index (χ1v) is 11.4. The Morgan fingerprint density at radius 3 is 2.44 bits per heavy atom. The highest BCUT2D eigenvalue weighted by molar-refractivity contribution is 5.63. The summed E-state index contributed by atoms with van der Waals surface area (Å²) in [5.74, 6) is 2.77. The molecule has 1 saturated carbocycles. The van der Waals surface area contributed by atoms with Gasteiger partial charge in [-0.05, 0) is 61.6 Å². The lowest BCUT2D eigenvalue weighted by Crippen LogP contribution is -2.32. The van der Waals surface area contributed by atoms with Gasteiger partial charge in [0, 0.05) is 56.8 Å². The molecule has 0 amide bonds. The van der Waals surface area contributed by atoms with E-state index in [1.54, 1.807) is 12.1 Å². The third-order valence-electron chi connectivity index (χ3n) is 7.10. The minimum absolute atomic E-state index is 0.0564. The van der Waals surface area contributed by atoms with E-state index in [4.69, 9.17) is 4.74 Å². The zero-order valence-electron chi connectivity index (χ0n) is 17.9. The highest BCUT2D eigenvalue weighted by Gasteiger charge is 2.41. The molecule has 172 valence electrons. The lowest BCUT2D eigenvalue weighted by molar-refractivity contribution is -0.137. The van der Waals surface area contributed by atoms with Crippen LogP contribution in [0.2, 0.25) is 0 Å². The fourth-order valence-electron chi connectivity index (χ4n) is 5.57. The first-order chi connectivity index (χ1) is 15.5. The van der Waals surface area contributed by atoms with Crippen molar-refractivity contribution in [2.24, 2.45) is 17.8 Å². The molecular weight excluding hydrogens is 419 g/mol. The van der Waals surface area contributed by atoms with Gasteiger partial charge in [0.25, 0.3) is 0 Å². The van der Waals surface area contributed by atoms with Crippen molar-refractivity contribution in [1.82, 2.24) is 20.1 Å². The highest BCUT2D eigenvalue weighted by Crippen LogP contribution is 2.40. The van der Waals surface area contributed by atoms with E-state index < -0.39 is 11.7 Å². The lowest BCUT2D eigenvalue weighted by atomic mass is 10.00. The fourth-order valence-corrected chi connectivity index (χ4v) is 5.57. The third-order valence-corrected chi connectivity index (χ3v) is 7.10. The summed E-state index contributed by atoms with van der Waals surface area (Å²) in [6.45, 7) is 5.30. The van der Waals surface area contributed by atoms with Crippen molar-refractivity contribution in [3.63, 3.8) is 0 Å². The Balaban J connectivity index is 1.16. The average molecular weight is 448 g/mol. The van der Waals surface area contributed by atoms with Crippen LogP contribution in [0.5, 0.6) is 0 Å². The number of pyridine rings is 1. The molecule has 0 bridgehead atoms. The molecule has 2 saturated heterocycles. The van der Waals surface area contributed by atoms with E-state index in [1.807, 2.05) is 0 Å². The molecule has 2 aromatic rings. The zero-order chi connectivity index (χ0) is 22.1. The monoisotopic (exact) mass is 447 g/mol. The molecule has 1 aliphatic carbocycles. The first kappa shape index (κ1) is 21.6. The summed E-state index contributed by atoms with van der Waals surface area (Å²) in [4.78, 5) is 6.45. The summed E-state index contributed by atoms with van der Waals surface area (Å²) in [5, 5.41) is 11.6. The Morgan fingerprint density at radius 2 is 1.78 bits per heavy atom. The van der Waals surface area contributed by atoms with Crippen molar-refractivity contribution < 1.29 is 17.9 Å². The summed E-state index contributed by atoms with van der Waals surface area (Å²) < 4.78 is 45.2. The first-order valence-electron chi connectivity index (χ1n) is 11.4. The molecule has 3 fully saturated rings. The maximum Gasteiger partial charge on any atom is 0.417 e. The number of ether oxygens (including phenoxy) is 1. The number of hydrogen-bond acceptors (Lipinski definition) is 6. The number of nitrogens with zero attached hydrogens (tertiary/aromatic N) is 4. The van der Waals surface area contributed by atoms with Gasteiger partial charge in [0.2, 0.25) is 0 Å². The molecule has 2 aromatic heterocycles. The van der Waals surface area contributed by atoms with Crippen LogP contribution < -0.4 is 5.32 Å². The van der Waals surface area contributed by atoms with Crippen molar-refractivity contribution in [3.05, 3.63) is 36.2 Å². The molecule has 1 N–H and O–H groups in total. The van der Waals surface area contributed by atoms with E-state index >= 15 is 0 Å². The summed E-state index contributed by atoms with van der Waals surface area (Å²) in [5.41, 5.74) is -0.640. The maximum atomic E-state index is 13.3. The number of rotatable bonds is 5. The molecular formula is C23H28F3N5O. The second-order valence-corrected chi connectivity index (χ2v) is 9.33. The largest absolute Gasteiger partial charge is 0.417 e. The molecule has 3 aliphatic rings. The van der Waals surface area contributed by atoms with Crippen molar-refractivity contribution in [1.29, 1.82) is 0 Å². The molecule has 0 spiro atoms. The number of hydrogen-bond donors (Lipinski definition) is 1. The Bertz CT molecular complexity index is 903. The number of nitrogens with one attached hydrogen (secondary N) is 1. The van der Waals surface area contributed by atoms with E-state index in [2.05, 4.69) is 25.4 Å². The molecule has 3 atom stereocenters. The molecule has 2 aliphatic heterocycles. The minimum Gasteiger partial charge on any atom is -0.381 e. The van der Waals surface area contributed by atoms with Crippen LogP contribution in [0.4, 0.5) is 19.0 Å². The number of alkyl halides is 3. The molecule has 9 heteroatoms. The van der Waals surface area contributed by atoms with E-state index in [0.29, 0.717) is 23.7 Å². The summed E-state index contributed by atoms with van der Waals surface area (Å²) in [6, 6.07) is 4.58. The van der Waals surface area contributed by atoms with E-state index in [0.717, 1.165) is 57.3 Å². The van der Waals surface area contributed by atoms with E-state index in [9.17, 15) is 13.2 Å². The topological polar surface area (TPSA) is 63.2 Å². The predicted octanol–water partition coefficient (Wildman–Crippen LogP) is 4.11. The van der Waals surface area contributed by atoms with Crippen LogP contribution >= 0.6 is 0 Å². The SMILES string of the molecule is FC(F)(F)c1ccncc1-c1ccc(NC2CC3CN(CC4CCOCC4)C[C@H]3C2)nn1. The van der Waals surface area contributed by atoms with Gasteiger partial charge in [0.1, 0.15) is 5.82 Å². The molecule has 6 nitrogen and oxygen atoms in total. The minimum atomic E-state index is -4.46. The summed E-state index contributed by atoms with van der Waals surface area (Å²) in [7, 11) is 0. The third kappa shape index (κ3) is 4.73. The molecule has 0 radical (unpaired) electrons. The number of fused-ring (bicyclic) bond motifs is 1. The Morgan fingerprint density at radius 1 is 1.03 bits per heavy atom.